The molecule has 2 aromatic rings. The van der Waals surface area contributed by atoms with E-state index in [-0.39, 0.29) is 18.4 Å². The monoisotopic (exact) mass is 383 g/mol. The SMILES string of the molecule is O=C(NCC(=O)N1CCc2nc(C3CCOCC3)nn2CC1)c1ccccc1. The summed E-state index contributed by atoms with van der Waals surface area (Å²) in [6, 6.07) is 8.91. The number of fused-ring (bicyclic) bond motifs is 1. The number of nitrogens with one attached hydrogen (secondary N) is 1. The highest BCUT2D eigenvalue weighted by Gasteiger charge is 2.25. The van der Waals surface area contributed by atoms with Gasteiger partial charge in [0.15, 0.2) is 5.82 Å². The molecular formula is C20H25N5O3. The summed E-state index contributed by atoms with van der Waals surface area (Å²) in [5, 5.41) is 7.39. The van der Waals surface area contributed by atoms with Gasteiger partial charge in [-0.05, 0) is 25.0 Å². The van der Waals surface area contributed by atoms with E-state index in [1.807, 2.05) is 10.7 Å². The molecule has 2 aliphatic heterocycles. The van der Waals surface area contributed by atoms with Crippen LogP contribution in [0.4, 0.5) is 0 Å². The minimum absolute atomic E-state index is 0.00318. The quantitative estimate of drug-likeness (QED) is 0.850. The van der Waals surface area contributed by atoms with Crippen LogP contribution in [0.3, 0.4) is 0 Å². The molecule has 1 aromatic heterocycles. The topological polar surface area (TPSA) is 89.3 Å². The molecular weight excluding hydrogens is 358 g/mol. The second-order valence-electron chi connectivity index (χ2n) is 7.18. The third-order valence-electron chi connectivity index (χ3n) is 5.33. The van der Waals surface area contributed by atoms with Crippen molar-refractivity contribution >= 4 is 11.8 Å². The number of benzene rings is 1. The van der Waals surface area contributed by atoms with E-state index in [0.717, 1.165) is 37.7 Å². The smallest absolute Gasteiger partial charge is 0.251 e. The van der Waals surface area contributed by atoms with Crippen LogP contribution in [0, 0.1) is 0 Å². The van der Waals surface area contributed by atoms with E-state index in [2.05, 4.69) is 10.4 Å². The Morgan fingerprint density at radius 2 is 1.89 bits per heavy atom. The van der Waals surface area contributed by atoms with Gasteiger partial charge in [0.2, 0.25) is 5.91 Å². The molecule has 1 fully saturated rings. The fraction of sp³-hybridized carbons (Fsp3) is 0.500. The normalized spacial score (nSPS) is 17.6. The van der Waals surface area contributed by atoms with E-state index in [0.29, 0.717) is 37.5 Å². The van der Waals surface area contributed by atoms with Crippen LogP contribution < -0.4 is 5.32 Å². The lowest BCUT2D eigenvalue weighted by Gasteiger charge is -2.21. The van der Waals surface area contributed by atoms with Crippen molar-refractivity contribution in [3.8, 4) is 0 Å². The maximum atomic E-state index is 12.5. The van der Waals surface area contributed by atoms with Gasteiger partial charge < -0.3 is 15.0 Å². The average Bonchev–Trinajstić information content (AvgIpc) is 3.06. The highest BCUT2D eigenvalue weighted by atomic mass is 16.5. The molecule has 2 aliphatic rings. The lowest BCUT2D eigenvalue weighted by Crippen LogP contribution is -2.41. The van der Waals surface area contributed by atoms with Gasteiger partial charge in [-0.2, -0.15) is 5.10 Å². The Bertz CT molecular complexity index is 804. The van der Waals surface area contributed by atoms with Crippen molar-refractivity contribution in [2.45, 2.75) is 31.7 Å². The fourth-order valence-electron chi connectivity index (χ4n) is 3.66. The van der Waals surface area contributed by atoms with Crippen LogP contribution in [0.25, 0.3) is 0 Å². The minimum Gasteiger partial charge on any atom is -0.381 e. The molecule has 1 aromatic carbocycles. The molecule has 8 nitrogen and oxygen atoms in total. The standard InChI is InChI=1S/C20H25N5O3/c26-18(14-21-20(27)16-4-2-1-3-5-16)24-9-6-17-22-19(23-25(17)11-10-24)15-7-12-28-13-8-15/h1-5,15H,6-14H2,(H,21,27). The van der Waals surface area contributed by atoms with Gasteiger partial charge in [-0.25, -0.2) is 9.67 Å². The number of hydrogen-bond donors (Lipinski definition) is 1. The van der Waals surface area contributed by atoms with Gasteiger partial charge in [-0.15, -0.1) is 0 Å². The van der Waals surface area contributed by atoms with Crippen molar-refractivity contribution in [2.75, 3.05) is 32.8 Å². The maximum absolute atomic E-state index is 12.5. The Morgan fingerprint density at radius 3 is 2.68 bits per heavy atom. The van der Waals surface area contributed by atoms with Crippen molar-refractivity contribution in [1.29, 1.82) is 0 Å². The largest absolute Gasteiger partial charge is 0.381 e. The van der Waals surface area contributed by atoms with Gasteiger partial charge in [0.05, 0.1) is 13.1 Å². The van der Waals surface area contributed by atoms with Gasteiger partial charge in [0, 0.05) is 44.2 Å². The highest BCUT2D eigenvalue weighted by molar-refractivity contribution is 5.96. The molecule has 1 saturated heterocycles. The van der Waals surface area contributed by atoms with Gasteiger partial charge in [-0.1, -0.05) is 18.2 Å². The maximum Gasteiger partial charge on any atom is 0.251 e. The first-order valence-corrected chi connectivity index (χ1v) is 9.83. The number of ether oxygens (including phenoxy) is 1. The molecule has 0 aliphatic carbocycles. The third kappa shape index (κ3) is 4.22. The van der Waals surface area contributed by atoms with Crippen LogP contribution in [0.15, 0.2) is 30.3 Å². The Labute approximate surface area is 163 Å². The predicted molar refractivity (Wildman–Crippen MR) is 102 cm³/mol. The summed E-state index contributed by atoms with van der Waals surface area (Å²) in [4.78, 5) is 31.1. The van der Waals surface area contributed by atoms with Crippen molar-refractivity contribution in [3.05, 3.63) is 47.5 Å². The predicted octanol–water partition coefficient (Wildman–Crippen LogP) is 0.987. The molecule has 0 spiro atoms. The lowest BCUT2D eigenvalue weighted by atomic mass is 10.00. The molecule has 0 bridgehead atoms. The molecule has 148 valence electrons. The van der Waals surface area contributed by atoms with Crippen molar-refractivity contribution < 1.29 is 14.3 Å². The van der Waals surface area contributed by atoms with E-state index in [4.69, 9.17) is 9.72 Å². The minimum atomic E-state index is -0.237. The Morgan fingerprint density at radius 1 is 1.11 bits per heavy atom. The molecule has 2 amide bonds. The molecule has 1 N–H and O–H groups in total. The van der Waals surface area contributed by atoms with Crippen molar-refractivity contribution in [2.24, 2.45) is 0 Å². The first-order valence-electron chi connectivity index (χ1n) is 9.83. The first-order chi connectivity index (χ1) is 13.7. The number of carbonyl (C=O) groups is 2. The highest BCUT2D eigenvalue weighted by Crippen LogP contribution is 2.24. The van der Waals surface area contributed by atoms with E-state index in [1.165, 1.54) is 0 Å². The molecule has 8 heteroatoms. The number of rotatable bonds is 4. The van der Waals surface area contributed by atoms with E-state index < -0.39 is 0 Å². The van der Waals surface area contributed by atoms with Crippen LogP contribution in [-0.2, 0) is 22.5 Å². The van der Waals surface area contributed by atoms with Crippen LogP contribution >= 0.6 is 0 Å². The summed E-state index contributed by atoms with van der Waals surface area (Å²) in [7, 11) is 0. The second-order valence-corrected chi connectivity index (χ2v) is 7.18. The van der Waals surface area contributed by atoms with Crippen LogP contribution in [-0.4, -0.2) is 64.3 Å². The van der Waals surface area contributed by atoms with E-state index in [1.54, 1.807) is 29.2 Å². The van der Waals surface area contributed by atoms with E-state index in [9.17, 15) is 9.59 Å². The summed E-state index contributed by atoms with van der Waals surface area (Å²) >= 11 is 0. The second kappa shape index (κ2) is 8.52. The number of carbonyl (C=O) groups excluding carboxylic acids is 2. The van der Waals surface area contributed by atoms with Crippen molar-refractivity contribution in [3.63, 3.8) is 0 Å². The zero-order valence-electron chi connectivity index (χ0n) is 15.8. The van der Waals surface area contributed by atoms with Crippen LogP contribution in [0.5, 0.6) is 0 Å². The molecule has 4 rings (SSSR count). The molecule has 28 heavy (non-hydrogen) atoms. The first kappa shape index (κ1) is 18.6. The summed E-state index contributed by atoms with van der Waals surface area (Å²) < 4.78 is 7.35. The Hall–Kier alpha value is -2.74. The van der Waals surface area contributed by atoms with Crippen LogP contribution in [0.2, 0.25) is 0 Å². The summed E-state index contributed by atoms with van der Waals surface area (Å²) in [5.41, 5.74) is 0.552. The molecule has 0 saturated carbocycles. The zero-order valence-corrected chi connectivity index (χ0v) is 15.8. The summed E-state index contributed by atoms with van der Waals surface area (Å²) in [6.45, 7) is 3.33. The Balaban J connectivity index is 1.30. The number of nitrogens with zero attached hydrogens (tertiary/aromatic N) is 4. The Kier molecular flexibility index (Phi) is 5.66. The number of amides is 2. The molecule has 0 radical (unpaired) electrons. The third-order valence-corrected chi connectivity index (χ3v) is 5.33. The van der Waals surface area contributed by atoms with Crippen molar-refractivity contribution in [1.82, 2.24) is 25.0 Å². The summed E-state index contributed by atoms with van der Waals surface area (Å²) in [6.07, 6.45) is 2.61. The van der Waals surface area contributed by atoms with Gasteiger partial charge in [0.1, 0.15) is 5.82 Å². The van der Waals surface area contributed by atoms with Gasteiger partial charge in [0.25, 0.3) is 5.91 Å². The fourth-order valence-corrected chi connectivity index (χ4v) is 3.66. The molecule has 0 atom stereocenters. The number of hydrogen-bond acceptors (Lipinski definition) is 5. The van der Waals surface area contributed by atoms with Crippen LogP contribution in [0.1, 0.15) is 40.8 Å². The zero-order chi connectivity index (χ0) is 19.3. The van der Waals surface area contributed by atoms with Gasteiger partial charge in [-0.3, -0.25) is 9.59 Å². The number of aromatic nitrogens is 3. The van der Waals surface area contributed by atoms with Gasteiger partial charge >= 0.3 is 0 Å². The molecule has 0 unspecified atom stereocenters. The lowest BCUT2D eigenvalue weighted by molar-refractivity contribution is -0.130. The van der Waals surface area contributed by atoms with E-state index >= 15 is 0 Å². The summed E-state index contributed by atoms with van der Waals surface area (Å²) in [5.74, 6) is 1.90. The average molecular weight is 383 g/mol. The molecule has 3 heterocycles.